The third kappa shape index (κ3) is 6.10. The van der Waals surface area contributed by atoms with Crippen LogP contribution in [0.15, 0.2) is 18.2 Å². The van der Waals surface area contributed by atoms with Gasteiger partial charge in [0.2, 0.25) is 15.9 Å². The van der Waals surface area contributed by atoms with E-state index in [1.54, 1.807) is 18.2 Å². The van der Waals surface area contributed by atoms with Crippen molar-refractivity contribution in [2.45, 2.75) is 6.42 Å². The molecule has 6 nitrogen and oxygen atoms in total. The number of hydrogen-bond donors (Lipinski definition) is 1. The Hall–Kier alpha value is -0.860. The average Bonchev–Trinajstić information content (AvgIpc) is 2.41. The van der Waals surface area contributed by atoms with E-state index in [9.17, 15) is 13.2 Å². The molecule has 1 aromatic carbocycles. The molecular weight excluding hydrogens is 351 g/mol. The molecule has 1 N–H and O–H groups in total. The van der Waals surface area contributed by atoms with Crippen LogP contribution in [-0.4, -0.2) is 51.7 Å². The Morgan fingerprint density at radius 1 is 1.27 bits per heavy atom. The number of halogens is 2. The van der Waals surface area contributed by atoms with Crippen molar-refractivity contribution >= 4 is 44.8 Å². The topological polar surface area (TPSA) is 75.7 Å². The number of amides is 1. The van der Waals surface area contributed by atoms with Gasteiger partial charge in [-0.2, -0.15) is 4.31 Å². The second-order valence-corrected chi connectivity index (χ2v) is 7.35. The molecule has 1 amide bonds. The quantitative estimate of drug-likeness (QED) is 0.763. The number of carbonyl (C=O) groups is 1. The van der Waals surface area contributed by atoms with Crippen molar-refractivity contribution in [1.82, 2.24) is 4.31 Å². The standard InChI is InChI=1S/C13H18Cl2N2O4S/c1-21-9-8-17(22(2,19)20)7-6-12(18)16-13-10(14)4-3-5-11(13)15/h3-5H,6-9H2,1-2H3,(H,16,18). The number of anilines is 1. The molecule has 0 fully saturated rings. The van der Waals surface area contributed by atoms with Crippen molar-refractivity contribution in [3.8, 4) is 0 Å². The number of nitrogens with zero attached hydrogens (tertiary/aromatic N) is 1. The molecule has 0 radical (unpaired) electrons. The van der Waals surface area contributed by atoms with Gasteiger partial charge in [0.25, 0.3) is 0 Å². The molecule has 0 atom stereocenters. The van der Waals surface area contributed by atoms with Crippen molar-refractivity contribution in [3.63, 3.8) is 0 Å². The summed E-state index contributed by atoms with van der Waals surface area (Å²) in [5, 5.41) is 3.23. The summed E-state index contributed by atoms with van der Waals surface area (Å²) in [5.41, 5.74) is 0.318. The van der Waals surface area contributed by atoms with Crippen LogP contribution in [0.25, 0.3) is 0 Å². The number of hydrogen-bond acceptors (Lipinski definition) is 4. The Kier molecular flexibility index (Phi) is 7.58. The third-order valence-electron chi connectivity index (χ3n) is 2.83. The highest BCUT2D eigenvalue weighted by Gasteiger charge is 2.18. The fraction of sp³-hybridized carbons (Fsp3) is 0.462. The Morgan fingerprint density at radius 3 is 2.36 bits per heavy atom. The summed E-state index contributed by atoms with van der Waals surface area (Å²) in [5.74, 6) is -0.374. The van der Waals surface area contributed by atoms with Crippen molar-refractivity contribution in [3.05, 3.63) is 28.2 Å². The number of methoxy groups -OCH3 is 1. The van der Waals surface area contributed by atoms with E-state index >= 15 is 0 Å². The summed E-state index contributed by atoms with van der Waals surface area (Å²) < 4.78 is 29.3. The maximum Gasteiger partial charge on any atom is 0.225 e. The molecule has 0 spiro atoms. The number of rotatable bonds is 8. The van der Waals surface area contributed by atoms with Crippen LogP contribution < -0.4 is 5.32 Å². The minimum atomic E-state index is -3.40. The van der Waals surface area contributed by atoms with Gasteiger partial charge in [0, 0.05) is 26.6 Å². The van der Waals surface area contributed by atoms with E-state index in [1.807, 2.05) is 0 Å². The zero-order valence-corrected chi connectivity index (χ0v) is 14.6. The summed E-state index contributed by atoms with van der Waals surface area (Å²) in [6, 6.07) is 4.87. The van der Waals surface area contributed by atoms with E-state index in [4.69, 9.17) is 27.9 Å². The van der Waals surface area contributed by atoms with Crippen molar-refractivity contribution in [2.75, 3.05) is 38.4 Å². The SMILES string of the molecule is COCCN(CCC(=O)Nc1c(Cl)cccc1Cl)S(C)(=O)=O. The number of nitrogens with one attached hydrogen (secondary N) is 1. The normalized spacial score (nSPS) is 11.7. The van der Waals surface area contributed by atoms with E-state index in [2.05, 4.69) is 5.32 Å². The lowest BCUT2D eigenvalue weighted by Crippen LogP contribution is -2.35. The molecule has 9 heteroatoms. The number of benzene rings is 1. The van der Waals surface area contributed by atoms with Crippen LogP contribution in [-0.2, 0) is 19.6 Å². The lowest BCUT2D eigenvalue weighted by atomic mass is 10.3. The summed E-state index contributed by atoms with van der Waals surface area (Å²) in [6.45, 7) is 0.497. The van der Waals surface area contributed by atoms with Crippen molar-refractivity contribution in [1.29, 1.82) is 0 Å². The van der Waals surface area contributed by atoms with Crippen LogP contribution in [0.1, 0.15) is 6.42 Å². The van der Waals surface area contributed by atoms with Crippen molar-refractivity contribution in [2.24, 2.45) is 0 Å². The van der Waals surface area contributed by atoms with E-state index in [0.717, 1.165) is 6.26 Å². The van der Waals surface area contributed by atoms with E-state index in [0.29, 0.717) is 15.7 Å². The molecule has 0 aliphatic heterocycles. The van der Waals surface area contributed by atoms with Gasteiger partial charge in [-0.3, -0.25) is 4.79 Å². The molecule has 0 saturated carbocycles. The largest absolute Gasteiger partial charge is 0.383 e. The first-order chi connectivity index (χ1) is 10.3. The second-order valence-electron chi connectivity index (χ2n) is 4.55. The van der Waals surface area contributed by atoms with E-state index in [-0.39, 0.29) is 32.0 Å². The Bertz CT molecular complexity index is 602. The fourth-order valence-corrected chi connectivity index (χ4v) is 3.00. The second kappa shape index (κ2) is 8.69. The predicted molar refractivity (Wildman–Crippen MR) is 88.0 cm³/mol. The van der Waals surface area contributed by atoms with Gasteiger partial charge in [-0.25, -0.2) is 8.42 Å². The molecule has 0 aromatic heterocycles. The van der Waals surface area contributed by atoms with E-state index < -0.39 is 10.0 Å². The first kappa shape index (κ1) is 19.2. The van der Waals surface area contributed by atoms with Gasteiger partial charge in [0.1, 0.15) is 0 Å². The molecule has 0 aliphatic carbocycles. The molecule has 0 heterocycles. The number of carbonyl (C=O) groups excluding carboxylic acids is 1. The van der Waals surface area contributed by atoms with Gasteiger partial charge in [-0.1, -0.05) is 29.3 Å². The molecular formula is C13H18Cl2N2O4S. The lowest BCUT2D eigenvalue weighted by molar-refractivity contribution is -0.116. The molecule has 0 bridgehead atoms. The smallest absolute Gasteiger partial charge is 0.225 e. The monoisotopic (exact) mass is 368 g/mol. The van der Waals surface area contributed by atoms with Gasteiger partial charge in [0.05, 0.1) is 28.6 Å². The third-order valence-corrected chi connectivity index (χ3v) is 4.76. The minimum absolute atomic E-state index is 0.0155. The van der Waals surface area contributed by atoms with Gasteiger partial charge >= 0.3 is 0 Å². The first-order valence-corrected chi connectivity index (χ1v) is 9.04. The molecule has 124 valence electrons. The molecule has 0 aliphatic rings. The Morgan fingerprint density at radius 2 is 1.86 bits per heavy atom. The molecule has 0 unspecified atom stereocenters. The van der Waals surface area contributed by atoms with Gasteiger partial charge in [-0.15, -0.1) is 0 Å². The molecule has 1 rings (SSSR count). The summed E-state index contributed by atoms with van der Waals surface area (Å²) in [6.07, 6.45) is 1.07. The van der Waals surface area contributed by atoms with Crippen molar-refractivity contribution < 1.29 is 17.9 Å². The predicted octanol–water partition coefficient (Wildman–Crippen LogP) is 2.23. The Balaban J connectivity index is 2.64. The minimum Gasteiger partial charge on any atom is -0.383 e. The summed E-state index contributed by atoms with van der Waals surface area (Å²) >= 11 is 11.9. The number of para-hydroxylation sites is 1. The van der Waals surface area contributed by atoms with Crippen LogP contribution in [0, 0.1) is 0 Å². The van der Waals surface area contributed by atoms with Gasteiger partial charge in [0.15, 0.2) is 0 Å². The zero-order valence-electron chi connectivity index (χ0n) is 12.3. The molecule has 1 aromatic rings. The maximum atomic E-state index is 11.9. The van der Waals surface area contributed by atoms with Crippen LogP contribution in [0.4, 0.5) is 5.69 Å². The van der Waals surface area contributed by atoms with Crippen LogP contribution in [0.3, 0.4) is 0 Å². The molecule has 22 heavy (non-hydrogen) atoms. The number of sulfonamides is 1. The van der Waals surface area contributed by atoms with Gasteiger partial charge in [-0.05, 0) is 12.1 Å². The van der Waals surface area contributed by atoms with Crippen LogP contribution >= 0.6 is 23.2 Å². The summed E-state index contributed by atoms with van der Waals surface area (Å²) in [7, 11) is -1.92. The van der Waals surface area contributed by atoms with Gasteiger partial charge < -0.3 is 10.1 Å². The Labute approximate surface area is 140 Å². The summed E-state index contributed by atoms with van der Waals surface area (Å²) in [4.78, 5) is 11.9. The fourth-order valence-electron chi connectivity index (χ4n) is 1.68. The zero-order chi connectivity index (χ0) is 16.8. The highest BCUT2D eigenvalue weighted by atomic mass is 35.5. The lowest BCUT2D eigenvalue weighted by Gasteiger charge is -2.19. The van der Waals surface area contributed by atoms with E-state index in [1.165, 1.54) is 11.4 Å². The van der Waals surface area contributed by atoms with Crippen LogP contribution in [0.2, 0.25) is 10.0 Å². The highest BCUT2D eigenvalue weighted by Crippen LogP contribution is 2.29. The van der Waals surface area contributed by atoms with Crippen LogP contribution in [0.5, 0.6) is 0 Å². The molecule has 0 saturated heterocycles. The average molecular weight is 369 g/mol. The maximum absolute atomic E-state index is 11.9. The highest BCUT2D eigenvalue weighted by molar-refractivity contribution is 7.88. The first-order valence-electron chi connectivity index (χ1n) is 6.43. The number of ether oxygens (including phenoxy) is 1.